The lowest BCUT2D eigenvalue weighted by Crippen LogP contribution is -2.07. The van der Waals surface area contributed by atoms with E-state index in [0.29, 0.717) is 15.7 Å². The second kappa shape index (κ2) is 8.41. The number of ether oxygens (including phenoxy) is 1. The van der Waals surface area contributed by atoms with Crippen LogP contribution in [0.2, 0.25) is 10.0 Å². The van der Waals surface area contributed by atoms with E-state index in [9.17, 15) is 4.79 Å². The average molecular weight is 404 g/mol. The van der Waals surface area contributed by atoms with Crippen molar-refractivity contribution in [1.82, 2.24) is 0 Å². The summed E-state index contributed by atoms with van der Waals surface area (Å²) in [6.07, 6.45) is 3.26. The van der Waals surface area contributed by atoms with E-state index in [2.05, 4.69) is 5.32 Å². The fourth-order valence-electron chi connectivity index (χ4n) is 2.35. The molecule has 26 heavy (non-hydrogen) atoms. The van der Waals surface area contributed by atoms with Crippen LogP contribution in [0.4, 0.5) is 5.69 Å². The van der Waals surface area contributed by atoms with Crippen LogP contribution in [-0.4, -0.2) is 13.0 Å². The largest absolute Gasteiger partial charge is 0.496 e. The van der Waals surface area contributed by atoms with Crippen LogP contribution in [0.1, 0.15) is 4.88 Å². The van der Waals surface area contributed by atoms with Gasteiger partial charge in [0.1, 0.15) is 5.75 Å². The van der Waals surface area contributed by atoms with E-state index in [1.54, 1.807) is 42.7 Å². The molecule has 2 aromatic carbocycles. The van der Waals surface area contributed by atoms with Crippen LogP contribution in [0.5, 0.6) is 5.75 Å². The minimum Gasteiger partial charge on any atom is -0.496 e. The Morgan fingerprint density at radius 3 is 2.65 bits per heavy atom. The van der Waals surface area contributed by atoms with E-state index in [4.69, 9.17) is 27.9 Å². The Morgan fingerprint density at radius 1 is 1.08 bits per heavy atom. The van der Waals surface area contributed by atoms with Crippen molar-refractivity contribution in [3.05, 3.63) is 75.6 Å². The van der Waals surface area contributed by atoms with Crippen LogP contribution in [0.3, 0.4) is 0 Å². The number of amides is 1. The number of carbonyl (C=O) groups is 1. The molecule has 1 heterocycles. The monoisotopic (exact) mass is 403 g/mol. The fraction of sp³-hybridized carbons (Fsp3) is 0.0500. The van der Waals surface area contributed by atoms with E-state index >= 15 is 0 Å². The second-order valence-corrected chi connectivity index (χ2v) is 7.28. The summed E-state index contributed by atoms with van der Waals surface area (Å²) in [5.41, 5.74) is 1.62. The highest BCUT2D eigenvalue weighted by Crippen LogP contribution is 2.35. The van der Waals surface area contributed by atoms with E-state index in [-0.39, 0.29) is 5.91 Å². The molecule has 0 saturated heterocycles. The summed E-state index contributed by atoms with van der Waals surface area (Å²) in [4.78, 5) is 14.1. The number of carbonyl (C=O) groups excluding carboxylic acids is 1. The van der Waals surface area contributed by atoms with Gasteiger partial charge in [0.15, 0.2) is 0 Å². The van der Waals surface area contributed by atoms with Gasteiger partial charge in [0.25, 0.3) is 0 Å². The number of para-hydroxylation sites is 1. The Bertz CT molecular complexity index is 966. The number of rotatable bonds is 5. The zero-order valence-electron chi connectivity index (χ0n) is 13.8. The first kappa shape index (κ1) is 18.5. The lowest BCUT2D eigenvalue weighted by atomic mass is 10.1. The first-order valence-electron chi connectivity index (χ1n) is 7.74. The van der Waals surface area contributed by atoms with Gasteiger partial charge in [-0.1, -0.05) is 35.3 Å². The maximum Gasteiger partial charge on any atom is 0.248 e. The SMILES string of the molecule is COc1ccccc1-c1ccc(/C=C/C(=O)Nc2ccc(Cl)c(Cl)c2)s1. The topological polar surface area (TPSA) is 38.3 Å². The Kier molecular flexibility index (Phi) is 5.99. The zero-order valence-corrected chi connectivity index (χ0v) is 16.2. The van der Waals surface area contributed by atoms with E-state index in [1.165, 1.54) is 6.08 Å². The third-order valence-electron chi connectivity index (χ3n) is 3.59. The van der Waals surface area contributed by atoms with Crippen molar-refractivity contribution in [3.63, 3.8) is 0 Å². The minimum atomic E-state index is -0.240. The average Bonchev–Trinajstić information content (AvgIpc) is 3.12. The summed E-state index contributed by atoms with van der Waals surface area (Å²) in [6.45, 7) is 0. The van der Waals surface area contributed by atoms with Crippen LogP contribution in [0.15, 0.2) is 60.7 Å². The number of anilines is 1. The molecule has 1 aromatic heterocycles. The number of methoxy groups -OCH3 is 1. The molecule has 0 radical (unpaired) electrons. The van der Waals surface area contributed by atoms with Crippen molar-refractivity contribution in [3.8, 4) is 16.2 Å². The molecule has 6 heteroatoms. The van der Waals surface area contributed by atoms with Gasteiger partial charge in [-0.2, -0.15) is 0 Å². The maximum absolute atomic E-state index is 12.1. The Morgan fingerprint density at radius 2 is 1.88 bits per heavy atom. The molecule has 1 N–H and O–H groups in total. The molecule has 3 rings (SSSR count). The van der Waals surface area contributed by atoms with Crippen LogP contribution >= 0.6 is 34.5 Å². The Labute approximate surface area is 165 Å². The first-order valence-corrected chi connectivity index (χ1v) is 9.31. The lowest BCUT2D eigenvalue weighted by Gasteiger charge is -2.05. The van der Waals surface area contributed by atoms with E-state index in [1.807, 2.05) is 36.4 Å². The first-order chi connectivity index (χ1) is 12.6. The number of nitrogens with one attached hydrogen (secondary N) is 1. The van der Waals surface area contributed by atoms with Crippen LogP contribution < -0.4 is 10.1 Å². The van der Waals surface area contributed by atoms with E-state index < -0.39 is 0 Å². The molecule has 0 aliphatic rings. The van der Waals surface area contributed by atoms with Gasteiger partial charge in [-0.05, 0) is 48.5 Å². The molecule has 0 fully saturated rings. The summed E-state index contributed by atoms with van der Waals surface area (Å²) in [7, 11) is 1.65. The van der Waals surface area contributed by atoms with Crippen molar-refractivity contribution >= 4 is 52.2 Å². The summed E-state index contributed by atoms with van der Waals surface area (Å²) in [5.74, 6) is 0.581. The molecule has 0 bridgehead atoms. The third-order valence-corrected chi connectivity index (χ3v) is 5.41. The van der Waals surface area contributed by atoms with Crippen LogP contribution in [0, 0.1) is 0 Å². The summed E-state index contributed by atoms with van der Waals surface area (Å²) >= 11 is 13.4. The smallest absolute Gasteiger partial charge is 0.248 e. The lowest BCUT2D eigenvalue weighted by molar-refractivity contribution is -0.111. The van der Waals surface area contributed by atoms with E-state index in [0.717, 1.165) is 21.1 Å². The van der Waals surface area contributed by atoms with Crippen molar-refractivity contribution in [2.75, 3.05) is 12.4 Å². The van der Waals surface area contributed by atoms with Gasteiger partial charge in [0.2, 0.25) is 5.91 Å². The van der Waals surface area contributed by atoms with Crippen LogP contribution in [-0.2, 0) is 4.79 Å². The fourth-order valence-corrected chi connectivity index (χ4v) is 3.59. The summed E-state index contributed by atoms with van der Waals surface area (Å²) < 4.78 is 5.40. The number of halogens is 2. The van der Waals surface area contributed by atoms with Gasteiger partial charge in [0, 0.05) is 27.1 Å². The molecular weight excluding hydrogens is 389 g/mol. The highest BCUT2D eigenvalue weighted by atomic mass is 35.5. The highest BCUT2D eigenvalue weighted by Gasteiger charge is 2.07. The van der Waals surface area contributed by atoms with Gasteiger partial charge in [-0.3, -0.25) is 4.79 Å². The quantitative estimate of drug-likeness (QED) is 0.501. The molecular formula is C20H15Cl2NO2S. The minimum absolute atomic E-state index is 0.240. The number of hydrogen-bond acceptors (Lipinski definition) is 3. The second-order valence-electron chi connectivity index (χ2n) is 5.35. The van der Waals surface area contributed by atoms with Crippen molar-refractivity contribution in [1.29, 1.82) is 0 Å². The zero-order chi connectivity index (χ0) is 18.5. The predicted octanol–water partition coefficient (Wildman–Crippen LogP) is 6.38. The molecule has 132 valence electrons. The molecule has 1 amide bonds. The standard InChI is InChI=1S/C20H15Cl2NO2S/c1-25-18-5-3-2-4-15(18)19-10-7-14(26-19)8-11-20(24)23-13-6-9-16(21)17(22)12-13/h2-12H,1H3,(H,23,24)/b11-8+. The van der Waals surface area contributed by atoms with Gasteiger partial charge < -0.3 is 10.1 Å². The normalized spacial score (nSPS) is 10.9. The molecule has 0 aliphatic carbocycles. The van der Waals surface area contributed by atoms with Gasteiger partial charge in [-0.25, -0.2) is 0 Å². The van der Waals surface area contributed by atoms with Crippen molar-refractivity contribution in [2.24, 2.45) is 0 Å². The molecule has 0 spiro atoms. The number of hydrogen-bond donors (Lipinski definition) is 1. The number of benzene rings is 2. The predicted molar refractivity (Wildman–Crippen MR) is 110 cm³/mol. The van der Waals surface area contributed by atoms with Gasteiger partial charge in [0.05, 0.1) is 17.2 Å². The van der Waals surface area contributed by atoms with Gasteiger partial charge >= 0.3 is 0 Å². The molecule has 3 nitrogen and oxygen atoms in total. The summed E-state index contributed by atoms with van der Waals surface area (Å²) in [6, 6.07) is 16.8. The Balaban J connectivity index is 1.70. The molecule has 0 saturated carbocycles. The molecule has 0 atom stereocenters. The Hall–Kier alpha value is -2.27. The van der Waals surface area contributed by atoms with Crippen molar-refractivity contribution in [2.45, 2.75) is 0 Å². The molecule has 0 aliphatic heterocycles. The number of thiophene rings is 1. The molecule has 0 unspecified atom stereocenters. The van der Waals surface area contributed by atoms with Crippen LogP contribution in [0.25, 0.3) is 16.5 Å². The summed E-state index contributed by atoms with van der Waals surface area (Å²) in [5, 5.41) is 3.60. The molecule has 3 aromatic rings. The van der Waals surface area contributed by atoms with Crippen molar-refractivity contribution < 1.29 is 9.53 Å². The maximum atomic E-state index is 12.1. The third kappa shape index (κ3) is 4.47. The van der Waals surface area contributed by atoms with Gasteiger partial charge in [-0.15, -0.1) is 11.3 Å². The highest BCUT2D eigenvalue weighted by molar-refractivity contribution is 7.16.